The number of benzene rings is 1. The first kappa shape index (κ1) is 20.7. The molecule has 0 N–H and O–H groups in total. The summed E-state index contributed by atoms with van der Waals surface area (Å²) in [6, 6.07) is 6.29. The Morgan fingerprint density at radius 3 is 2.62 bits per heavy atom. The molecule has 144 valence electrons. The number of carbonyl (C=O) groups is 2. The van der Waals surface area contributed by atoms with E-state index in [0.717, 1.165) is 11.3 Å². The Bertz CT molecular complexity index is 609. The zero-order valence-electron chi connectivity index (χ0n) is 15.6. The highest BCUT2D eigenvalue weighted by atomic mass is 32.2. The van der Waals surface area contributed by atoms with Gasteiger partial charge in [0.2, 0.25) is 5.91 Å². The van der Waals surface area contributed by atoms with Gasteiger partial charge in [-0.2, -0.15) is 0 Å². The minimum absolute atomic E-state index is 0.0192. The Morgan fingerprint density at radius 2 is 2.00 bits per heavy atom. The maximum absolute atomic E-state index is 13.2. The van der Waals surface area contributed by atoms with E-state index in [1.807, 2.05) is 9.80 Å². The number of carbonyl (C=O) groups excluding carboxylic acids is 2. The van der Waals surface area contributed by atoms with Crippen molar-refractivity contribution >= 4 is 23.6 Å². The summed E-state index contributed by atoms with van der Waals surface area (Å²) in [5.41, 5.74) is 0.919. The van der Waals surface area contributed by atoms with Crippen molar-refractivity contribution in [2.24, 2.45) is 5.92 Å². The van der Waals surface area contributed by atoms with Gasteiger partial charge in [0, 0.05) is 18.8 Å². The number of hydrogen-bond donors (Lipinski definition) is 0. The van der Waals surface area contributed by atoms with Crippen LogP contribution in [0.3, 0.4) is 0 Å². The number of halogens is 1. The van der Waals surface area contributed by atoms with Crippen molar-refractivity contribution in [1.82, 2.24) is 9.80 Å². The number of ether oxygens (including phenoxy) is 1. The molecule has 0 bridgehead atoms. The van der Waals surface area contributed by atoms with E-state index in [1.54, 1.807) is 30.8 Å². The Kier molecular flexibility index (Phi) is 7.90. The predicted octanol–water partition coefficient (Wildman–Crippen LogP) is 2.92. The molecule has 5 nitrogen and oxygen atoms in total. The Morgan fingerprint density at radius 1 is 1.31 bits per heavy atom. The van der Waals surface area contributed by atoms with E-state index in [-0.39, 0.29) is 36.2 Å². The molecule has 1 atom stereocenters. The average molecular weight is 383 g/mol. The molecule has 0 aromatic heterocycles. The van der Waals surface area contributed by atoms with Crippen LogP contribution >= 0.6 is 11.8 Å². The van der Waals surface area contributed by atoms with Gasteiger partial charge in [0.15, 0.2) is 0 Å². The molecule has 1 aromatic carbocycles. The van der Waals surface area contributed by atoms with Crippen LogP contribution in [0.1, 0.15) is 31.7 Å². The van der Waals surface area contributed by atoms with Gasteiger partial charge in [-0.1, -0.05) is 26.0 Å². The first-order valence-corrected chi connectivity index (χ1v) is 10.00. The molecular weight excluding hydrogens is 355 g/mol. The van der Waals surface area contributed by atoms with Crippen molar-refractivity contribution in [2.75, 3.05) is 38.5 Å². The van der Waals surface area contributed by atoms with Crippen LogP contribution in [-0.2, 0) is 14.3 Å². The van der Waals surface area contributed by atoms with Gasteiger partial charge in [0.05, 0.1) is 19.7 Å². The first-order chi connectivity index (χ1) is 12.4. The maximum Gasteiger partial charge on any atom is 0.320 e. The first-order valence-electron chi connectivity index (χ1n) is 8.95. The molecule has 0 radical (unpaired) electrons. The van der Waals surface area contributed by atoms with Gasteiger partial charge in [0.25, 0.3) is 0 Å². The summed E-state index contributed by atoms with van der Waals surface area (Å²) >= 11 is 1.67. The molecule has 1 aliphatic heterocycles. The van der Waals surface area contributed by atoms with Gasteiger partial charge in [-0.25, -0.2) is 4.39 Å². The molecular formula is C19H27FN2O3S. The van der Waals surface area contributed by atoms with Crippen molar-refractivity contribution in [2.45, 2.75) is 26.1 Å². The normalized spacial score (nSPS) is 17.2. The molecule has 1 saturated heterocycles. The standard InChI is InChI=1S/C19H27FN2O3S/c1-4-25-18(24)13-21(11-14(2)3)12-17(23)22-9-10-26-19(22)15-5-7-16(20)8-6-15/h5-8,14,19H,4,9-13H2,1-3H3/t19-/m0/s1. The molecule has 1 amide bonds. The van der Waals surface area contributed by atoms with Crippen molar-refractivity contribution in [3.63, 3.8) is 0 Å². The second-order valence-electron chi connectivity index (χ2n) is 6.73. The summed E-state index contributed by atoms with van der Waals surface area (Å²) < 4.78 is 18.2. The van der Waals surface area contributed by atoms with E-state index in [4.69, 9.17) is 4.74 Å². The van der Waals surface area contributed by atoms with E-state index in [1.165, 1.54) is 12.1 Å². The summed E-state index contributed by atoms with van der Waals surface area (Å²) in [4.78, 5) is 28.4. The fourth-order valence-corrected chi connectivity index (χ4v) is 4.28. The number of nitrogens with zero attached hydrogens (tertiary/aromatic N) is 2. The van der Waals surface area contributed by atoms with Crippen LogP contribution in [0.2, 0.25) is 0 Å². The minimum atomic E-state index is -0.313. The Balaban J connectivity index is 2.04. The molecule has 26 heavy (non-hydrogen) atoms. The fraction of sp³-hybridized carbons (Fsp3) is 0.579. The number of hydrogen-bond acceptors (Lipinski definition) is 5. The van der Waals surface area contributed by atoms with E-state index in [0.29, 0.717) is 25.6 Å². The van der Waals surface area contributed by atoms with Crippen molar-refractivity contribution < 1.29 is 18.7 Å². The molecule has 0 saturated carbocycles. The summed E-state index contributed by atoms with van der Waals surface area (Å²) in [7, 11) is 0. The third-order valence-electron chi connectivity index (χ3n) is 4.01. The highest BCUT2D eigenvalue weighted by Crippen LogP contribution is 2.37. The highest BCUT2D eigenvalue weighted by Gasteiger charge is 2.31. The van der Waals surface area contributed by atoms with E-state index < -0.39 is 0 Å². The summed E-state index contributed by atoms with van der Waals surface area (Å²) in [6.07, 6.45) is 0. The van der Waals surface area contributed by atoms with Gasteiger partial charge >= 0.3 is 5.97 Å². The fourth-order valence-electron chi connectivity index (χ4n) is 3.00. The lowest BCUT2D eigenvalue weighted by atomic mass is 10.2. The SMILES string of the molecule is CCOC(=O)CN(CC(=O)N1CCS[C@H]1c1ccc(F)cc1)CC(C)C. The molecule has 0 spiro atoms. The van der Waals surface area contributed by atoms with E-state index in [2.05, 4.69) is 13.8 Å². The summed E-state index contributed by atoms with van der Waals surface area (Å²) in [6.45, 7) is 7.79. The van der Waals surface area contributed by atoms with Crippen LogP contribution < -0.4 is 0 Å². The molecule has 0 unspecified atom stereocenters. The van der Waals surface area contributed by atoms with Gasteiger partial charge in [-0.3, -0.25) is 14.5 Å². The summed E-state index contributed by atoms with van der Waals surface area (Å²) in [5.74, 6) is 0.557. The third kappa shape index (κ3) is 5.99. The molecule has 1 fully saturated rings. The average Bonchev–Trinajstić information content (AvgIpc) is 3.04. The van der Waals surface area contributed by atoms with Crippen LogP contribution in [0, 0.1) is 11.7 Å². The number of esters is 1. The number of rotatable bonds is 8. The predicted molar refractivity (Wildman–Crippen MR) is 101 cm³/mol. The lowest BCUT2D eigenvalue weighted by molar-refractivity contribution is -0.145. The van der Waals surface area contributed by atoms with Crippen LogP contribution in [0.25, 0.3) is 0 Å². The van der Waals surface area contributed by atoms with Crippen molar-refractivity contribution in [3.05, 3.63) is 35.6 Å². The molecule has 0 aliphatic carbocycles. The molecule has 1 aliphatic rings. The smallest absolute Gasteiger partial charge is 0.320 e. The molecule has 1 aromatic rings. The van der Waals surface area contributed by atoms with E-state index >= 15 is 0 Å². The van der Waals surface area contributed by atoms with Crippen molar-refractivity contribution in [3.8, 4) is 0 Å². The quantitative estimate of drug-likeness (QED) is 0.647. The number of thioether (sulfide) groups is 1. The van der Waals surface area contributed by atoms with Gasteiger partial charge in [0.1, 0.15) is 11.2 Å². The minimum Gasteiger partial charge on any atom is -0.465 e. The topological polar surface area (TPSA) is 49.9 Å². The summed E-state index contributed by atoms with van der Waals surface area (Å²) in [5, 5.41) is -0.105. The third-order valence-corrected chi connectivity index (χ3v) is 5.27. The molecule has 1 heterocycles. The lowest BCUT2D eigenvalue weighted by Gasteiger charge is -2.28. The largest absolute Gasteiger partial charge is 0.465 e. The van der Waals surface area contributed by atoms with Gasteiger partial charge in [-0.05, 0) is 30.5 Å². The Labute approximate surface area is 158 Å². The zero-order valence-corrected chi connectivity index (χ0v) is 16.4. The second kappa shape index (κ2) is 9.92. The van der Waals surface area contributed by atoms with Gasteiger partial charge < -0.3 is 9.64 Å². The Hall–Kier alpha value is -1.60. The second-order valence-corrected chi connectivity index (χ2v) is 7.92. The molecule has 7 heteroatoms. The van der Waals surface area contributed by atoms with Crippen LogP contribution in [-0.4, -0.2) is 60.2 Å². The van der Waals surface area contributed by atoms with Crippen LogP contribution in [0.15, 0.2) is 24.3 Å². The highest BCUT2D eigenvalue weighted by molar-refractivity contribution is 7.99. The monoisotopic (exact) mass is 382 g/mol. The van der Waals surface area contributed by atoms with Crippen LogP contribution in [0.5, 0.6) is 0 Å². The van der Waals surface area contributed by atoms with Crippen molar-refractivity contribution in [1.29, 1.82) is 0 Å². The number of amides is 1. The van der Waals surface area contributed by atoms with E-state index in [9.17, 15) is 14.0 Å². The maximum atomic E-state index is 13.2. The molecule has 2 rings (SSSR count). The van der Waals surface area contributed by atoms with Crippen LogP contribution in [0.4, 0.5) is 4.39 Å². The lowest BCUT2D eigenvalue weighted by Crippen LogP contribution is -2.43. The van der Waals surface area contributed by atoms with Gasteiger partial charge in [-0.15, -0.1) is 11.8 Å². The zero-order chi connectivity index (χ0) is 19.1.